The van der Waals surface area contributed by atoms with Crippen molar-refractivity contribution < 1.29 is 23.7 Å². The minimum Gasteiger partial charge on any atom is -0.497 e. The molecule has 0 fully saturated rings. The zero-order chi connectivity index (χ0) is 29.1. The number of aromatic nitrogens is 1. The lowest BCUT2D eigenvalue weighted by atomic mass is 9.95. The summed E-state index contributed by atoms with van der Waals surface area (Å²) in [5, 5.41) is 2.96. The number of fused-ring (bicyclic) bond motifs is 1. The first kappa shape index (κ1) is 27.7. The van der Waals surface area contributed by atoms with Crippen LogP contribution in [0.1, 0.15) is 24.1 Å². The number of methoxy groups -OCH3 is 4. The van der Waals surface area contributed by atoms with E-state index in [4.69, 9.17) is 23.9 Å². The first-order chi connectivity index (χ1) is 19.9. The summed E-state index contributed by atoms with van der Waals surface area (Å²) in [4.78, 5) is 32.9. The fourth-order valence-electron chi connectivity index (χ4n) is 4.79. The van der Waals surface area contributed by atoms with Gasteiger partial charge in [0.25, 0.3) is 11.5 Å². The van der Waals surface area contributed by atoms with Gasteiger partial charge in [0.1, 0.15) is 5.75 Å². The van der Waals surface area contributed by atoms with Crippen molar-refractivity contribution in [2.45, 2.75) is 13.0 Å². The molecule has 1 aliphatic heterocycles. The second kappa shape index (κ2) is 11.7. The summed E-state index contributed by atoms with van der Waals surface area (Å²) in [5.74, 6) is 1.66. The third kappa shape index (κ3) is 5.33. The van der Waals surface area contributed by atoms with Crippen LogP contribution in [0.2, 0.25) is 0 Å². The molecule has 1 amide bonds. The molecule has 1 atom stereocenters. The Kier molecular flexibility index (Phi) is 7.93. The van der Waals surface area contributed by atoms with Gasteiger partial charge in [0, 0.05) is 5.69 Å². The molecule has 0 saturated carbocycles. The average Bonchev–Trinajstić information content (AvgIpc) is 3.29. The lowest BCUT2D eigenvalue weighted by Gasteiger charge is -2.25. The van der Waals surface area contributed by atoms with Crippen molar-refractivity contribution in [2.75, 3.05) is 33.8 Å². The number of benzene rings is 3. The summed E-state index contributed by atoms with van der Waals surface area (Å²) < 4.78 is 23.9. The monoisotopic (exact) mass is 571 g/mol. The molecule has 41 heavy (non-hydrogen) atoms. The predicted molar refractivity (Wildman–Crippen MR) is 158 cm³/mol. The van der Waals surface area contributed by atoms with Crippen molar-refractivity contribution in [2.24, 2.45) is 4.99 Å². The molecule has 2 heterocycles. The van der Waals surface area contributed by atoms with Crippen molar-refractivity contribution in [3.63, 3.8) is 0 Å². The van der Waals surface area contributed by atoms with E-state index < -0.39 is 6.04 Å². The van der Waals surface area contributed by atoms with E-state index in [-0.39, 0.29) is 11.5 Å². The van der Waals surface area contributed by atoms with E-state index in [0.717, 1.165) is 5.56 Å². The van der Waals surface area contributed by atoms with Crippen molar-refractivity contribution in [1.82, 2.24) is 4.57 Å². The number of para-hydroxylation sites is 1. The number of nitrogens with zero attached hydrogens (tertiary/aromatic N) is 2. The van der Waals surface area contributed by atoms with Gasteiger partial charge in [-0.25, -0.2) is 4.99 Å². The highest BCUT2D eigenvalue weighted by Crippen LogP contribution is 2.38. The van der Waals surface area contributed by atoms with Gasteiger partial charge in [-0.05, 0) is 60.5 Å². The Hall–Kier alpha value is -4.83. The molecule has 5 rings (SSSR count). The van der Waals surface area contributed by atoms with Crippen LogP contribution < -0.4 is 39.2 Å². The highest BCUT2D eigenvalue weighted by atomic mass is 32.1. The number of carbonyl (C=O) groups is 1. The summed E-state index contributed by atoms with van der Waals surface area (Å²) in [6.45, 7) is 1.78. The standard InChI is InChI=1S/C31H29N3O6S/c1-18-26(29(35)33-21-11-7-6-8-12-21)27(20-10-9-13-22(17-20)37-2)34-30(36)25(41-31(34)32-18)16-19-14-23(38-3)28(40-5)24(15-19)39-4/h6-17,27H,1-5H3,(H,33,35). The van der Waals surface area contributed by atoms with Crippen LogP contribution in [0, 0.1) is 0 Å². The zero-order valence-electron chi connectivity index (χ0n) is 23.3. The summed E-state index contributed by atoms with van der Waals surface area (Å²) >= 11 is 1.24. The Labute approximate surface area is 240 Å². The van der Waals surface area contributed by atoms with E-state index in [0.29, 0.717) is 54.9 Å². The van der Waals surface area contributed by atoms with E-state index in [1.807, 2.05) is 42.5 Å². The van der Waals surface area contributed by atoms with Crippen molar-refractivity contribution >= 4 is 29.0 Å². The minimum atomic E-state index is -0.729. The van der Waals surface area contributed by atoms with Gasteiger partial charge in [-0.3, -0.25) is 14.2 Å². The van der Waals surface area contributed by atoms with Gasteiger partial charge < -0.3 is 24.3 Å². The summed E-state index contributed by atoms with van der Waals surface area (Å²) in [5.41, 5.74) is 2.65. The molecule has 210 valence electrons. The lowest BCUT2D eigenvalue weighted by molar-refractivity contribution is -0.113. The number of anilines is 1. The van der Waals surface area contributed by atoms with E-state index in [2.05, 4.69) is 5.32 Å². The molecular weight excluding hydrogens is 542 g/mol. The van der Waals surface area contributed by atoms with Crippen LogP contribution in [0.3, 0.4) is 0 Å². The van der Waals surface area contributed by atoms with Gasteiger partial charge in [-0.2, -0.15) is 0 Å². The Bertz CT molecular complexity index is 1800. The Balaban J connectivity index is 1.69. The molecule has 0 bridgehead atoms. The maximum Gasteiger partial charge on any atom is 0.271 e. The minimum absolute atomic E-state index is 0.284. The maximum absolute atomic E-state index is 14.0. The fourth-order valence-corrected chi connectivity index (χ4v) is 5.84. The maximum atomic E-state index is 14.0. The number of nitrogens with one attached hydrogen (secondary N) is 1. The molecule has 0 aliphatic carbocycles. The molecule has 0 spiro atoms. The first-order valence-corrected chi connectivity index (χ1v) is 13.5. The highest BCUT2D eigenvalue weighted by molar-refractivity contribution is 7.07. The second-order valence-corrected chi connectivity index (χ2v) is 10.1. The van der Waals surface area contributed by atoms with Gasteiger partial charge in [-0.1, -0.05) is 41.7 Å². The second-order valence-electron chi connectivity index (χ2n) is 9.14. The average molecular weight is 572 g/mol. The molecule has 0 radical (unpaired) electrons. The summed E-state index contributed by atoms with van der Waals surface area (Å²) in [7, 11) is 6.18. The van der Waals surface area contributed by atoms with Crippen LogP contribution in [0.5, 0.6) is 23.0 Å². The molecule has 4 aromatic rings. The molecule has 1 N–H and O–H groups in total. The number of carbonyl (C=O) groups excluding carboxylic acids is 1. The van der Waals surface area contributed by atoms with Crippen LogP contribution in [0.4, 0.5) is 5.69 Å². The largest absolute Gasteiger partial charge is 0.497 e. The van der Waals surface area contributed by atoms with Crippen LogP contribution in [-0.4, -0.2) is 38.9 Å². The number of amides is 1. The number of hydrogen-bond donors (Lipinski definition) is 1. The first-order valence-electron chi connectivity index (χ1n) is 12.7. The van der Waals surface area contributed by atoms with E-state index in [1.165, 1.54) is 32.7 Å². The topological polar surface area (TPSA) is 100 Å². The third-order valence-corrected chi connectivity index (χ3v) is 7.68. The number of allylic oxidation sites excluding steroid dienone is 1. The number of hydrogen-bond acceptors (Lipinski definition) is 8. The highest BCUT2D eigenvalue weighted by Gasteiger charge is 2.32. The van der Waals surface area contributed by atoms with Gasteiger partial charge in [0.05, 0.1) is 50.3 Å². The number of thiazole rings is 1. The SMILES string of the molecule is COc1cccc(C2C(C(=O)Nc3ccccc3)=C(C)N=c3sc(=Cc4cc(OC)c(OC)c(OC)c4)c(=O)n32)c1. The van der Waals surface area contributed by atoms with Crippen LogP contribution in [0.25, 0.3) is 6.08 Å². The molecule has 1 aromatic heterocycles. The van der Waals surface area contributed by atoms with Crippen LogP contribution in [-0.2, 0) is 4.79 Å². The molecule has 9 nitrogen and oxygen atoms in total. The quantitative estimate of drug-likeness (QED) is 0.344. The molecular formula is C31H29N3O6S. The molecule has 10 heteroatoms. The molecule has 1 aliphatic rings. The smallest absolute Gasteiger partial charge is 0.271 e. The predicted octanol–water partition coefficient (Wildman–Crippen LogP) is 3.91. The fraction of sp³-hybridized carbons (Fsp3) is 0.194. The summed E-state index contributed by atoms with van der Waals surface area (Å²) in [6.07, 6.45) is 1.75. The van der Waals surface area contributed by atoms with Crippen molar-refractivity contribution in [3.05, 3.63) is 109 Å². The van der Waals surface area contributed by atoms with Crippen molar-refractivity contribution in [3.8, 4) is 23.0 Å². The molecule has 1 unspecified atom stereocenters. The lowest BCUT2D eigenvalue weighted by Crippen LogP contribution is -2.40. The Morgan fingerprint density at radius 3 is 2.27 bits per heavy atom. The zero-order valence-corrected chi connectivity index (χ0v) is 24.1. The Morgan fingerprint density at radius 2 is 1.63 bits per heavy atom. The van der Waals surface area contributed by atoms with Gasteiger partial charge in [0.15, 0.2) is 16.3 Å². The third-order valence-electron chi connectivity index (χ3n) is 6.69. The summed E-state index contributed by atoms with van der Waals surface area (Å²) in [6, 6.07) is 19.3. The van der Waals surface area contributed by atoms with Crippen LogP contribution >= 0.6 is 11.3 Å². The van der Waals surface area contributed by atoms with Crippen molar-refractivity contribution in [1.29, 1.82) is 0 Å². The number of ether oxygens (including phenoxy) is 4. The molecule has 3 aromatic carbocycles. The van der Waals surface area contributed by atoms with Gasteiger partial charge in [0.2, 0.25) is 5.75 Å². The number of rotatable bonds is 8. The molecule has 0 saturated heterocycles. The van der Waals surface area contributed by atoms with Crippen LogP contribution in [0.15, 0.2) is 87.8 Å². The van der Waals surface area contributed by atoms with E-state index >= 15 is 0 Å². The van der Waals surface area contributed by atoms with E-state index in [9.17, 15) is 9.59 Å². The van der Waals surface area contributed by atoms with Gasteiger partial charge in [-0.15, -0.1) is 0 Å². The Morgan fingerprint density at radius 1 is 0.927 bits per heavy atom. The van der Waals surface area contributed by atoms with E-state index in [1.54, 1.807) is 48.9 Å². The van der Waals surface area contributed by atoms with Gasteiger partial charge >= 0.3 is 0 Å². The normalized spacial score (nSPS) is 14.7.